The Kier molecular flexibility index (Phi) is 6.44. The zero-order chi connectivity index (χ0) is 24.0. The summed E-state index contributed by atoms with van der Waals surface area (Å²) in [7, 11) is 0. The van der Waals surface area contributed by atoms with E-state index in [1.54, 1.807) is 0 Å². The second-order valence-corrected chi connectivity index (χ2v) is 10.3. The van der Waals surface area contributed by atoms with Crippen LogP contribution >= 0.6 is 0 Å². The van der Waals surface area contributed by atoms with Gasteiger partial charge in [0, 0.05) is 11.6 Å². The summed E-state index contributed by atoms with van der Waals surface area (Å²) in [6, 6.07) is -1.45. The van der Waals surface area contributed by atoms with Crippen molar-refractivity contribution < 1.29 is 29.7 Å². The topological polar surface area (TPSA) is 124 Å². The fraction of sp³-hybridized carbons (Fsp3) is 0.640. The minimum absolute atomic E-state index is 0.00898. The quantitative estimate of drug-likeness (QED) is 0.365. The number of fused-ring (bicyclic) bond motifs is 1. The molecule has 6 unspecified atom stereocenters. The standard InChI is InChI=1S/C25H35NO6/c1-13-7-6-8-19-24(13,4)10-9-14(2)25(19,5)12-16-21(29)17(11-18(28)22(16)30)26-20(15(3)27)23(31)32/h7,11,14-15,19-20,26-27,30H,6,8-10,12H2,1-5H3,(H,31,32). The van der Waals surface area contributed by atoms with E-state index in [4.69, 9.17) is 0 Å². The number of carboxylic acid groups (broad SMARTS) is 1. The summed E-state index contributed by atoms with van der Waals surface area (Å²) in [5, 5.41) is 32.2. The maximum atomic E-state index is 13.3. The Balaban J connectivity index is 1.95. The van der Waals surface area contributed by atoms with Crippen LogP contribution in [0.25, 0.3) is 0 Å². The average molecular weight is 446 g/mol. The van der Waals surface area contributed by atoms with Crippen molar-refractivity contribution in [3.8, 4) is 0 Å². The number of hydrogen-bond acceptors (Lipinski definition) is 6. The van der Waals surface area contributed by atoms with E-state index < -0.39 is 35.4 Å². The van der Waals surface area contributed by atoms with Crippen LogP contribution in [-0.4, -0.2) is 45.0 Å². The first kappa shape index (κ1) is 24.2. The molecule has 176 valence electrons. The number of aliphatic hydroxyl groups is 2. The van der Waals surface area contributed by atoms with Gasteiger partial charge in [0.05, 0.1) is 11.8 Å². The molecule has 3 aliphatic rings. The lowest BCUT2D eigenvalue weighted by molar-refractivity contribution is -0.142. The van der Waals surface area contributed by atoms with Crippen molar-refractivity contribution in [1.29, 1.82) is 0 Å². The molecule has 1 saturated carbocycles. The Hall–Kier alpha value is -2.41. The highest BCUT2D eigenvalue weighted by Gasteiger charge is 2.54. The predicted molar refractivity (Wildman–Crippen MR) is 120 cm³/mol. The van der Waals surface area contributed by atoms with Gasteiger partial charge < -0.3 is 20.6 Å². The third kappa shape index (κ3) is 3.91. The van der Waals surface area contributed by atoms with E-state index in [0.717, 1.165) is 31.8 Å². The maximum absolute atomic E-state index is 13.3. The van der Waals surface area contributed by atoms with Crippen LogP contribution in [0, 0.1) is 22.7 Å². The summed E-state index contributed by atoms with van der Waals surface area (Å²) < 4.78 is 0. The first-order valence-electron chi connectivity index (χ1n) is 11.4. The van der Waals surface area contributed by atoms with Crippen LogP contribution in [0.1, 0.15) is 66.7 Å². The van der Waals surface area contributed by atoms with Crippen molar-refractivity contribution in [2.75, 3.05) is 0 Å². The zero-order valence-electron chi connectivity index (χ0n) is 19.6. The smallest absolute Gasteiger partial charge is 0.328 e. The van der Waals surface area contributed by atoms with Gasteiger partial charge in [-0.15, -0.1) is 0 Å². The first-order valence-corrected chi connectivity index (χ1v) is 11.4. The number of aliphatic carboxylic acids is 1. The van der Waals surface area contributed by atoms with Crippen LogP contribution in [0.4, 0.5) is 0 Å². The van der Waals surface area contributed by atoms with Gasteiger partial charge in [0.15, 0.2) is 11.8 Å². The minimum Gasteiger partial charge on any atom is -0.504 e. The molecule has 0 heterocycles. The van der Waals surface area contributed by atoms with Gasteiger partial charge >= 0.3 is 5.97 Å². The van der Waals surface area contributed by atoms with Crippen molar-refractivity contribution >= 4 is 17.5 Å². The van der Waals surface area contributed by atoms with Crippen LogP contribution in [0.5, 0.6) is 0 Å². The molecule has 0 aliphatic heterocycles. The Bertz CT molecular complexity index is 929. The lowest BCUT2D eigenvalue weighted by Gasteiger charge is -2.58. The Labute approximate surface area is 189 Å². The molecule has 0 amide bonds. The number of carboxylic acids is 1. The number of carbonyl (C=O) groups is 3. The Morgan fingerprint density at radius 1 is 1.28 bits per heavy atom. The third-order valence-corrected chi connectivity index (χ3v) is 8.52. The first-order chi connectivity index (χ1) is 14.8. The van der Waals surface area contributed by atoms with Gasteiger partial charge in [0.25, 0.3) is 0 Å². The zero-order valence-corrected chi connectivity index (χ0v) is 19.6. The highest BCUT2D eigenvalue weighted by Crippen LogP contribution is 2.62. The molecule has 3 aliphatic carbocycles. The van der Waals surface area contributed by atoms with E-state index in [0.29, 0.717) is 5.92 Å². The molecule has 6 atom stereocenters. The van der Waals surface area contributed by atoms with Crippen molar-refractivity contribution in [3.05, 3.63) is 34.8 Å². The molecule has 7 heteroatoms. The van der Waals surface area contributed by atoms with Crippen LogP contribution in [0.3, 0.4) is 0 Å². The predicted octanol–water partition coefficient (Wildman–Crippen LogP) is 3.45. The number of carbonyl (C=O) groups excluding carboxylic acids is 2. The summed E-state index contributed by atoms with van der Waals surface area (Å²) in [6.45, 7) is 10.1. The molecule has 0 aromatic carbocycles. The van der Waals surface area contributed by atoms with Crippen molar-refractivity contribution in [2.24, 2.45) is 22.7 Å². The Morgan fingerprint density at radius 2 is 1.94 bits per heavy atom. The SMILES string of the molecule is CC1=CCCC2C1(C)CCC(C)C2(C)CC1=C(O)C(=O)C=C(NC(C(=O)O)C(C)O)C1=O. The molecule has 32 heavy (non-hydrogen) atoms. The van der Waals surface area contributed by atoms with E-state index in [9.17, 15) is 29.7 Å². The summed E-state index contributed by atoms with van der Waals surface area (Å²) >= 11 is 0. The molecule has 0 bridgehead atoms. The highest BCUT2D eigenvalue weighted by molar-refractivity contribution is 6.21. The van der Waals surface area contributed by atoms with E-state index in [-0.39, 0.29) is 34.4 Å². The second-order valence-electron chi connectivity index (χ2n) is 10.3. The van der Waals surface area contributed by atoms with E-state index in [1.165, 1.54) is 12.5 Å². The van der Waals surface area contributed by atoms with Crippen LogP contribution in [0.15, 0.2) is 34.8 Å². The monoisotopic (exact) mass is 445 g/mol. The molecular formula is C25H35NO6. The second kappa shape index (κ2) is 8.50. The minimum atomic E-state index is -1.45. The number of nitrogens with one attached hydrogen (secondary N) is 1. The Morgan fingerprint density at radius 3 is 2.53 bits per heavy atom. The lowest BCUT2D eigenvalue weighted by Crippen LogP contribution is -2.51. The number of aliphatic hydroxyl groups excluding tert-OH is 2. The van der Waals surface area contributed by atoms with Crippen molar-refractivity contribution in [3.63, 3.8) is 0 Å². The van der Waals surface area contributed by atoms with Gasteiger partial charge in [-0.3, -0.25) is 9.59 Å². The van der Waals surface area contributed by atoms with E-state index in [2.05, 4.69) is 39.1 Å². The van der Waals surface area contributed by atoms with Crippen molar-refractivity contribution in [1.82, 2.24) is 5.32 Å². The number of ketones is 2. The largest absolute Gasteiger partial charge is 0.504 e. The van der Waals surface area contributed by atoms with Crippen LogP contribution in [-0.2, 0) is 14.4 Å². The normalized spacial score (nSPS) is 34.9. The van der Waals surface area contributed by atoms with Gasteiger partial charge in [-0.2, -0.15) is 0 Å². The number of hydrogen-bond donors (Lipinski definition) is 4. The van der Waals surface area contributed by atoms with Gasteiger partial charge in [-0.05, 0) is 68.6 Å². The number of rotatable bonds is 6. The molecule has 3 rings (SSSR count). The summed E-state index contributed by atoms with van der Waals surface area (Å²) in [5.74, 6) is -2.65. The van der Waals surface area contributed by atoms with Crippen molar-refractivity contribution in [2.45, 2.75) is 78.9 Å². The van der Waals surface area contributed by atoms with Gasteiger partial charge in [-0.1, -0.05) is 32.4 Å². The molecule has 7 nitrogen and oxygen atoms in total. The molecule has 1 fully saturated rings. The van der Waals surface area contributed by atoms with E-state index in [1.807, 2.05) is 0 Å². The fourth-order valence-corrected chi connectivity index (χ4v) is 6.10. The van der Waals surface area contributed by atoms with Gasteiger partial charge in [-0.25, -0.2) is 4.79 Å². The van der Waals surface area contributed by atoms with E-state index >= 15 is 0 Å². The molecule has 0 aromatic heterocycles. The molecule has 0 radical (unpaired) electrons. The van der Waals surface area contributed by atoms with Crippen LogP contribution < -0.4 is 5.32 Å². The molecule has 0 saturated heterocycles. The number of Topliss-reactive ketones (excluding diaryl/α,β-unsaturated/α-hetero) is 1. The summed E-state index contributed by atoms with van der Waals surface area (Å²) in [4.78, 5) is 37.3. The third-order valence-electron chi connectivity index (χ3n) is 8.52. The molecule has 0 spiro atoms. The van der Waals surface area contributed by atoms with Gasteiger partial charge in [0.1, 0.15) is 0 Å². The maximum Gasteiger partial charge on any atom is 0.328 e. The fourth-order valence-electron chi connectivity index (χ4n) is 6.10. The lowest BCUT2D eigenvalue weighted by atomic mass is 9.46. The summed E-state index contributed by atoms with van der Waals surface area (Å²) in [5.41, 5.74) is 0.876. The van der Waals surface area contributed by atoms with Crippen LogP contribution in [0.2, 0.25) is 0 Å². The molecule has 4 N–H and O–H groups in total. The highest BCUT2D eigenvalue weighted by atomic mass is 16.4. The van der Waals surface area contributed by atoms with Gasteiger partial charge in [0.2, 0.25) is 11.6 Å². The molecular weight excluding hydrogens is 410 g/mol. The average Bonchev–Trinajstić information content (AvgIpc) is 2.71. The summed E-state index contributed by atoms with van der Waals surface area (Å²) in [6.07, 6.45) is 6.17. The number of allylic oxidation sites excluding steroid dienone is 4. The molecule has 0 aromatic rings.